The molecule has 0 atom stereocenters. The third-order valence-electron chi connectivity index (χ3n) is 3.08. The maximum Gasteiger partial charge on any atom is 0.253 e. The summed E-state index contributed by atoms with van der Waals surface area (Å²) < 4.78 is 13.8. The van der Waals surface area contributed by atoms with Crippen LogP contribution in [0, 0.1) is 5.82 Å². The second-order valence-corrected chi connectivity index (χ2v) is 7.09. The van der Waals surface area contributed by atoms with E-state index in [1.807, 2.05) is 0 Å². The number of hydrogen-bond donors (Lipinski definition) is 3. The summed E-state index contributed by atoms with van der Waals surface area (Å²) in [6, 6.07) is 6.98. The fourth-order valence-electron chi connectivity index (χ4n) is 1.94. The predicted molar refractivity (Wildman–Crippen MR) is 90.9 cm³/mol. The standard InChI is InChI=1S/C15H12FN3O3S2/c16-9-3-1-8(2-4-9)6-17-12(22)7-23-15-19-14-13(24-15)10(20)5-11(21)18-14/h1-5H,6-7H2,(H,17,22)(H2,18,20,21). The van der Waals surface area contributed by atoms with Gasteiger partial charge in [-0.2, -0.15) is 0 Å². The summed E-state index contributed by atoms with van der Waals surface area (Å²) in [5.74, 6) is -0.496. The molecule has 3 N–H and O–H groups in total. The summed E-state index contributed by atoms with van der Waals surface area (Å²) in [5.41, 5.74) is 0.676. The molecule has 0 bridgehead atoms. The highest BCUT2D eigenvalue weighted by molar-refractivity contribution is 8.01. The third-order valence-corrected chi connectivity index (χ3v) is 5.30. The van der Waals surface area contributed by atoms with E-state index in [1.54, 1.807) is 12.1 Å². The van der Waals surface area contributed by atoms with Crippen molar-refractivity contribution < 1.29 is 14.3 Å². The number of H-pyrrole nitrogens is 1. The summed E-state index contributed by atoms with van der Waals surface area (Å²) >= 11 is 2.41. The van der Waals surface area contributed by atoms with Crippen LogP contribution in [0.1, 0.15) is 5.56 Å². The number of carbonyl (C=O) groups excluding carboxylic acids is 1. The van der Waals surface area contributed by atoms with E-state index in [1.165, 1.54) is 35.2 Å². The minimum Gasteiger partial charge on any atom is -0.506 e. The molecule has 124 valence electrons. The first-order valence-electron chi connectivity index (χ1n) is 6.88. The van der Waals surface area contributed by atoms with Gasteiger partial charge in [-0.15, -0.1) is 11.3 Å². The molecular formula is C15H12FN3O3S2. The SMILES string of the molecule is O=C(CSc1nc2[nH]c(=O)cc(O)c2s1)NCc1ccc(F)cc1. The molecule has 0 unspecified atom stereocenters. The van der Waals surface area contributed by atoms with Crippen LogP contribution in [-0.4, -0.2) is 26.7 Å². The molecule has 0 aliphatic rings. The van der Waals surface area contributed by atoms with Crippen molar-refractivity contribution in [2.75, 3.05) is 5.75 Å². The zero-order valence-electron chi connectivity index (χ0n) is 12.2. The number of halogens is 1. The summed E-state index contributed by atoms with van der Waals surface area (Å²) in [7, 11) is 0. The van der Waals surface area contributed by atoms with E-state index in [0.29, 0.717) is 21.2 Å². The van der Waals surface area contributed by atoms with Gasteiger partial charge in [-0.3, -0.25) is 9.59 Å². The number of thioether (sulfide) groups is 1. The quantitative estimate of drug-likeness (QED) is 0.603. The maximum absolute atomic E-state index is 12.8. The number of benzene rings is 1. The van der Waals surface area contributed by atoms with Crippen molar-refractivity contribution in [3.05, 3.63) is 52.1 Å². The number of nitrogens with one attached hydrogen (secondary N) is 2. The Bertz CT molecular complexity index is 937. The first kappa shape index (κ1) is 16.5. The van der Waals surface area contributed by atoms with Crippen molar-refractivity contribution in [2.45, 2.75) is 10.9 Å². The Balaban J connectivity index is 1.57. The predicted octanol–water partition coefficient (Wildman–Crippen LogP) is 2.24. The van der Waals surface area contributed by atoms with E-state index < -0.39 is 5.56 Å². The van der Waals surface area contributed by atoms with E-state index in [0.717, 1.165) is 11.6 Å². The Morgan fingerprint density at radius 2 is 2.12 bits per heavy atom. The summed E-state index contributed by atoms with van der Waals surface area (Å²) in [6.07, 6.45) is 0. The van der Waals surface area contributed by atoms with Crippen LogP contribution in [0.25, 0.3) is 10.3 Å². The molecule has 0 saturated heterocycles. The maximum atomic E-state index is 12.8. The van der Waals surface area contributed by atoms with Gasteiger partial charge in [-0.1, -0.05) is 23.9 Å². The van der Waals surface area contributed by atoms with Gasteiger partial charge in [0.1, 0.15) is 16.3 Å². The highest BCUT2D eigenvalue weighted by Crippen LogP contribution is 2.32. The van der Waals surface area contributed by atoms with Gasteiger partial charge in [0.15, 0.2) is 9.99 Å². The molecule has 0 spiro atoms. The molecule has 3 rings (SSSR count). The van der Waals surface area contributed by atoms with Crippen LogP contribution in [0.4, 0.5) is 4.39 Å². The number of nitrogens with zero attached hydrogens (tertiary/aromatic N) is 1. The molecular weight excluding hydrogens is 353 g/mol. The Kier molecular flexibility index (Phi) is 4.81. The first-order chi connectivity index (χ1) is 11.5. The number of aromatic amines is 1. The topological polar surface area (TPSA) is 95.1 Å². The Morgan fingerprint density at radius 1 is 1.38 bits per heavy atom. The zero-order valence-corrected chi connectivity index (χ0v) is 13.8. The van der Waals surface area contributed by atoms with Crippen LogP contribution in [0.2, 0.25) is 0 Å². The lowest BCUT2D eigenvalue weighted by atomic mass is 10.2. The Morgan fingerprint density at radius 3 is 2.88 bits per heavy atom. The molecule has 0 aliphatic carbocycles. The van der Waals surface area contributed by atoms with E-state index in [2.05, 4.69) is 15.3 Å². The number of aromatic hydroxyl groups is 1. The molecule has 0 radical (unpaired) electrons. The number of hydrogen-bond acceptors (Lipinski definition) is 6. The molecule has 3 aromatic rings. The molecule has 2 aromatic heterocycles. The largest absolute Gasteiger partial charge is 0.506 e. The monoisotopic (exact) mass is 365 g/mol. The number of amides is 1. The average Bonchev–Trinajstić information content (AvgIpc) is 2.95. The summed E-state index contributed by atoms with van der Waals surface area (Å²) in [5, 5.41) is 12.4. The van der Waals surface area contributed by atoms with Crippen LogP contribution in [-0.2, 0) is 11.3 Å². The van der Waals surface area contributed by atoms with Gasteiger partial charge in [-0.05, 0) is 17.7 Å². The summed E-state index contributed by atoms with van der Waals surface area (Å²) in [4.78, 5) is 29.8. The van der Waals surface area contributed by atoms with Gasteiger partial charge >= 0.3 is 0 Å². The van der Waals surface area contributed by atoms with E-state index in [-0.39, 0.29) is 23.2 Å². The van der Waals surface area contributed by atoms with Crippen LogP contribution >= 0.6 is 23.1 Å². The van der Waals surface area contributed by atoms with Crippen molar-refractivity contribution in [3.63, 3.8) is 0 Å². The number of rotatable bonds is 5. The summed E-state index contributed by atoms with van der Waals surface area (Å²) in [6.45, 7) is 0.313. The molecule has 0 fully saturated rings. The van der Waals surface area contributed by atoms with Gasteiger partial charge in [0.2, 0.25) is 5.91 Å². The van der Waals surface area contributed by atoms with Gasteiger partial charge in [0, 0.05) is 12.6 Å². The van der Waals surface area contributed by atoms with Crippen molar-refractivity contribution >= 4 is 39.4 Å². The fraction of sp³-hybridized carbons (Fsp3) is 0.133. The van der Waals surface area contributed by atoms with E-state index in [4.69, 9.17) is 0 Å². The molecule has 9 heteroatoms. The average molecular weight is 365 g/mol. The van der Waals surface area contributed by atoms with Crippen LogP contribution in [0.5, 0.6) is 5.75 Å². The number of thiazole rings is 1. The van der Waals surface area contributed by atoms with Gasteiger partial charge in [-0.25, -0.2) is 9.37 Å². The van der Waals surface area contributed by atoms with Gasteiger partial charge in [0.05, 0.1) is 5.75 Å². The number of fused-ring (bicyclic) bond motifs is 1. The van der Waals surface area contributed by atoms with E-state index >= 15 is 0 Å². The molecule has 0 saturated carbocycles. The van der Waals surface area contributed by atoms with Crippen LogP contribution < -0.4 is 10.9 Å². The second kappa shape index (κ2) is 7.02. The molecule has 2 heterocycles. The molecule has 1 amide bonds. The fourth-order valence-corrected chi connectivity index (χ4v) is 3.79. The van der Waals surface area contributed by atoms with Crippen LogP contribution in [0.3, 0.4) is 0 Å². The smallest absolute Gasteiger partial charge is 0.253 e. The van der Waals surface area contributed by atoms with Gasteiger partial charge < -0.3 is 15.4 Å². The van der Waals surface area contributed by atoms with Crippen LogP contribution in [0.15, 0.2) is 39.5 Å². The minimum absolute atomic E-state index is 0.126. The van der Waals surface area contributed by atoms with Gasteiger partial charge in [0.25, 0.3) is 5.56 Å². The van der Waals surface area contributed by atoms with Crippen molar-refractivity contribution in [2.24, 2.45) is 0 Å². The first-order valence-corrected chi connectivity index (χ1v) is 8.68. The van der Waals surface area contributed by atoms with E-state index in [9.17, 15) is 19.1 Å². The highest BCUT2D eigenvalue weighted by atomic mass is 32.2. The minimum atomic E-state index is -0.432. The third kappa shape index (κ3) is 3.92. The number of pyridine rings is 1. The number of aromatic nitrogens is 2. The Labute approximate surface area is 143 Å². The van der Waals surface area contributed by atoms with Crippen molar-refractivity contribution in [1.29, 1.82) is 0 Å². The molecule has 6 nitrogen and oxygen atoms in total. The zero-order chi connectivity index (χ0) is 17.1. The second-order valence-electron chi connectivity index (χ2n) is 4.87. The lowest BCUT2D eigenvalue weighted by Crippen LogP contribution is -2.24. The lowest BCUT2D eigenvalue weighted by Gasteiger charge is -2.04. The normalized spacial score (nSPS) is 10.9. The molecule has 24 heavy (non-hydrogen) atoms. The van der Waals surface area contributed by atoms with Crippen molar-refractivity contribution in [3.8, 4) is 5.75 Å². The molecule has 1 aromatic carbocycles. The highest BCUT2D eigenvalue weighted by Gasteiger charge is 2.11. The molecule has 0 aliphatic heterocycles. The van der Waals surface area contributed by atoms with Crippen molar-refractivity contribution in [1.82, 2.24) is 15.3 Å². The lowest BCUT2D eigenvalue weighted by molar-refractivity contribution is -0.118. The number of carbonyl (C=O) groups is 1. The Hall–Kier alpha value is -2.39.